The Morgan fingerprint density at radius 2 is 2.16 bits per heavy atom. The van der Waals surface area contributed by atoms with Crippen molar-refractivity contribution in [2.75, 3.05) is 13.2 Å². The van der Waals surface area contributed by atoms with Crippen LogP contribution >= 0.6 is 11.6 Å². The fourth-order valence-corrected chi connectivity index (χ4v) is 2.59. The predicted molar refractivity (Wildman–Crippen MR) is 77.5 cm³/mol. The van der Waals surface area contributed by atoms with E-state index in [0.717, 1.165) is 38.0 Å². The van der Waals surface area contributed by atoms with Crippen molar-refractivity contribution in [3.8, 4) is 0 Å². The van der Waals surface area contributed by atoms with Crippen molar-refractivity contribution in [2.24, 2.45) is 0 Å². The molecule has 0 aromatic heterocycles. The number of ether oxygens (including phenoxy) is 1. The van der Waals surface area contributed by atoms with Gasteiger partial charge in [-0.3, -0.25) is 0 Å². The van der Waals surface area contributed by atoms with Crippen molar-refractivity contribution in [1.82, 2.24) is 5.32 Å². The van der Waals surface area contributed by atoms with Crippen LogP contribution in [0.15, 0.2) is 24.3 Å². The van der Waals surface area contributed by atoms with E-state index in [0.29, 0.717) is 11.1 Å². The SMILES string of the molecule is CCC(NCC1CCCO1)C(O)c1ccc(Cl)cc1. The molecule has 1 aromatic carbocycles. The Morgan fingerprint density at radius 1 is 1.42 bits per heavy atom. The fourth-order valence-electron chi connectivity index (χ4n) is 2.46. The molecule has 3 nitrogen and oxygen atoms in total. The summed E-state index contributed by atoms with van der Waals surface area (Å²) in [7, 11) is 0. The number of nitrogens with one attached hydrogen (secondary N) is 1. The van der Waals surface area contributed by atoms with Gasteiger partial charge in [-0.2, -0.15) is 0 Å². The van der Waals surface area contributed by atoms with Crippen LogP contribution in [0.5, 0.6) is 0 Å². The third kappa shape index (κ3) is 4.18. The molecule has 3 unspecified atom stereocenters. The van der Waals surface area contributed by atoms with Gasteiger partial charge in [0.25, 0.3) is 0 Å². The quantitative estimate of drug-likeness (QED) is 0.843. The molecular weight excluding hydrogens is 262 g/mol. The highest BCUT2D eigenvalue weighted by molar-refractivity contribution is 6.30. The normalized spacial score (nSPS) is 22.4. The van der Waals surface area contributed by atoms with E-state index in [2.05, 4.69) is 12.2 Å². The van der Waals surface area contributed by atoms with Crippen LogP contribution in [0.2, 0.25) is 5.02 Å². The summed E-state index contributed by atoms with van der Waals surface area (Å²) in [5.74, 6) is 0. The highest BCUT2D eigenvalue weighted by Gasteiger charge is 2.22. The Bertz CT molecular complexity index is 376. The summed E-state index contributed by atoms with van der Waals surface area (Å²) in [6.07, 6.45) is 2.91. The summed E-state index contributed by atoms with van der Waals surface area (Å²) in [6.45, 7) is 3.75. The molecule has 1 aromatic rings. The molecule has 2 N–H and O–H groups in total. The minimum absolute atomic E-state index is 0.0466. The van der Waals surface area contributed by atoms with E-state index in [9.17, 15) is 5.11 Å². The van der Waals surface area contributed by atoms with Crippen molar-refractivity contribution < 1.29 is 9.84 Å². The van der Waals surface area contributed by atoms with Gasteiger partial charge in [-0.1, -0.05) is 30.7 Å². The van der Waals surface area contributed by atoms with Gasteiger partial charge in [0.05, 0.1) is 12.2 Å². The standard InChI is InChI=1S/C15H22ClNO2/c1-2-14(17-10-13-4-3-9-19-13)15(18)11-5-7-12(16)8-6-11/h5-8,13-15,17-18H,2-4,9-10H2,1H3. The van der Waals surface area contributed by atoms with Crippen molar-refractivity contribution in [3.63, 3.8) is 0 Å². The Hall–Kier alpha value is -0.610. The van der Waals surface area contributed by atoms with Gasteiger partial charge < -0.3 is 15.2 Å². The first-order chi connectivity index (χ1) is 9.20. The molecular formula is C15H22ClNO2. The van der Waals surface area contributed by atoms with E-state index >= 15 is 0 Å². The molecule has 1 aliphatic rings. The largest absolute Gasteiger partial charge is 0.387 e. The molecule has 1 aliphatic heterocycles. The van der Waals surface area contributed by atoms with Gasteiger partial charge >= 0.3 is 0 Å². The maximum absolute atomic E-state index is 10.4. The zero-order chi connectivity index (χ0) is 13.7. The molecule has 1 saturated heterocycles. The lowest BCUT2D eigenvalue weighted by atomic mass is 10.00. The lowest BCUT2D eigenvalue weighted by Crippen LogP contribution is -2.39. The van der Waals surface area contributed by atoms with Crippen molar-refractivity contribution >= 4 is 11.6 Å². The topological polar surface area (TPSA) is 41.5 Å². The molecule has 106 valence electrons. The first kappa shape index (κ1) is 14.8. The monoisotopic (exact) mass is 283 g/mol. The fraction of sp³-hybridized carbons (Fsp3) is 0.600. The average Bonchev–Trinajstić information content (AvgIpc) is 2.93. The number of aliphatic hydroxyl groups is 1. The molecule has 0 saturated carbocycles. The molecule has 0 spiro atoms. The second-order valence-electron chi connectivity index (χ2n) is 5.05. The smallest absolute Gasteiger partial charge is 0.0942 e. The van der Waals surface area contributed by atoms with E-state index in [-0.39, 0.29) is 6.04 Å². The Labute approximate surface area is 119 Å². The van der Waals surface area contributed by atoms with Crippen molar-refractivity contribution in [3.05, 3.63) is 34.9 Å². The number of halogens is 1. The molecule has 1 heterocycles. The van der Waals surface area contributed by atoms with Crippen molar-refractivity contribution in [1.29, 1.82) is 0 Å². The summed E-state index contributed by atoms with van der Waals surface area (Å²) in [6, 6.07) is 7.43. The molecule has 0 bridgehead atoms. The van der Waals surface area contributed by atoms with Crippen molar-refractivity contribution in [2.45, 2.75) is 44.4 Å². The molecule has 19 heavy (non-hydrogen) atoms. The number of benzene rings is 1. The Morgan fingerprint density at radius 3 is 2.74 bits per heavy atom. The van der Waals surface area contributed by atoms with Gasteiger partial charge in [-0.05, 0) is 37.0 Å². The van der Waals surface area contributed by atoms with E-state index < -0.39 is 6.10 Å². The summed E-state index contributed by atoms with van der Waals surface area (Å²) in [5, 5.41) is 14.5. The van der Waals surface area contributed by atoms with Gasteiger partial charge in [-0.25, -0.2) is 0 Å². The van der Waals surface area contributed by atoms with Gasteiger partial charge in [0.1, 0.15) is 0 Å². The maximum Gasteiger partial charge on any atom is 0.0942 e. The molecule has 0 radical (unpaired) electrons. The highest BCUT2D eigenvalue weighted by Crippen LogP contribution is 2.21. The van der Waals surface area contributed by atoms with Crippen LogP contribution in [-0.4, -0.2) is 30.4 Å². The van der Waals surface area contributed by atoms with E-state index in [1.165, 1.54) is 0 Å². The van der Waals surface area contributed by atoms with Gasteiger partial charge in [-0.15, -0.1) is 0 Å². The first-order valence-corrected chi connectivity index (χ1v) is 7.37. The number of hydrogen-bond donors (Lipinski definition) is 2. The van der Waals surface area contributed by atoms with Crippen LogP contribution in [0.25, 0.3) is 0 Å². The summed E-state index contributed by atoms with van der Waals surface area (Å²) >= 11 is 5.86. The summed E-state index contributed by atoms with van der Waals surface area (Å²) in [5.41, 5.74) is 0.899. The van der Waals surface area contributed by atoms with Crippen LogP contribution in [0.4, 0.5) is 0 Å². The average molecular weight is 284 g/mol. The molecule has 3 atom stereocenters. The lowest BCUT2D eigenvalue weighted by molar-refractivity contribution is 0.0866. The van der Waals surface area contributed by atoms with Gasteiger partial charge in [0.2, 0.25) is 0 Å². The van der Waals surface area contributed by atoms with Crippen LogP contribution < -0.4 is 5.32 Å². The zero-order valence-electron chi connectivity index (χ0n) is 11.3. The van der Waals surface area contributed by atoms with Gasteiger partial charge in [0.15, 0.2) is 0 Å². The van der Waals surface area contributed by atoms with Crippen LogP contribution in [0.1, 0.15) is 37.9 Å². The molecule has 0 amide bonds. The number of hydrogen-bond acceptors (Lipinski definition) is 3. The molecule has 4 heteroatoms. The lowest BCUT2D eigenvalue weighted by Gasteiger charge is -2.24. The van der Waals surface area contributed by atoms with Gasteiger partial charge in [0, 0.05) is 24.2 Å². The molecule has 2 rings (SSSR count). The minimum atomic E-state index is -0.510. The van der Waals surface area contributed by atoms with E-state index in [4.69, 9.17) is 16.3 Å². The predicted octanol–water partition coefficient (Wildman–Crippen LogP) is 2.92. The van der Waals surface area contributed by atoms with Crippen LogP contribution in [0, 0.1) is 0 Å². The van der Waals surface area contributed by atoms with E-state index in [1.807, 2.05) is 24.3 Å². The van der Waals surface area contributed by atoms with E-state index in [1.54, 1.807) is 0 Å². The Kier molecular flexibility index (Phi) is 5.64. The molecule has 0 aliphatic carbocycles. The highest BCUT2D eigenvalue weighted by atomic mass is 35.5. The van der Waals surface area contributed by atoms with Crippen LogP contribution in [0.3, 0.4) is 0 Å². The third-order valence-electron chi connectivity index (χ3n) is 3.66. The zero-order valence-corrected chi connectivity index (χ0v) is 12.1. The Balaban J connectivity index is 1.90. The number of aliphatic hydroxyl groups excluding tert-OH is 1. The maximum atomic E-state index is 10.4. The third-order valence-corrected chi connectivity index (χ3v) is 3.92. The summed E-state index contributed by atoms with van der Waals surface area (Å²) < 4.78 is 5.59. The second kappa shape index (κ2) is 7.25. The number of rotatable bonds is 6. The minimum Gasteiger partial charge on any atom is -0.387 e. The second-order valence-corrected chi connectivity index (χ2v) is 5.49. The summed E-state index contributed by atoms with van der Waals surface area (Å²) in [4.78, 5) is 0. The first-order valence-electron chi connectivity index (χ1n) is 6.99. The van der Waals surface area contributed by atoms with Crippen LogP contribution in [-0.2, 0) is 4.74 Å². The molecule has 1 fully saturated rings.